The van der Waals surface area contributed by atoms with Crippen LogP contribution in [-0.4, -0.2) is 71.9 Å². The summed E-state index contributed by atoms with van der Waals surface area (Å²) in [6.45, 7) is 2.39. The molecular formula is C37H28Cl2F5N3O7. The molecule has 6 atom stereocenters. The van der Waals surface area contributed by atoms with Crippen LogP contribution in [0.25, 0.3) is 0 Å². The average molecular weight is 793 g/mol. The number of phenols is 1. The summed E-state index contributed by atoms with van der Waals surface area (Å²) in [5, 5.41) is 10.3. The number of allylic oxidation sites excluding steroid dienone is 2. The summed E-state index contributed by atoms with van der Waals surface area (Å²) in [5.41, 5.74) is -0.454. The number of carbonyl (C=O) groups excluding carboxylic acids is 4. The molecule has 10 nitrogen and oxygen atoms in total. The maximum absolute atomic E-state index is 15.3. The van der Waals surface area contributed by atoms with Crippen LogP contribution < -0.4 is 19.4 Å². The first-order chi connectivity index (χ1) is 25.7. The van der Waals surface area contributed by atoms with E-state index in [0.717, 1.165) is 16.7 Å². The third kappa shape index (κ3) is 4.80. The van der Waals surface area contributed by atoms with Crippen LogP contribution in [0.3, 0.4) is 0 Å². The number of amides is 4. The lowest BCUT2D eigenvalue weighted by Crippen LogP contribution is -2.60. The molecule has 282 valence electrons. The lowest BCUT2D eigenvalue weighted by molar-refractivity contribution is -0.125. The van der Waals surface area contributed by atoms with Crippen molar-refractivity contribution in [3.05, 3.63) is 88.8 Å². The Balaban J connectivity index is 1.26. The number of benzene rings is 3. The van der Waals surface area contributed by atoms with E-state index in [2.05, 4.69) is 4.90 Å². The Kier molecular flexibility index (Phi) is 8.51. The summed E-state index contributed by atoms with van der Waals surface area (Å²) in [6.07, 6.45) is 0.895. The van der Waals surface area contributed by atoms with Crippen molar-refractivity contribution in [3.63, 3.8) is 0 Å². The lowest BCUT2D eigenvalue weighted by Gasteiger charge is -2.50. The van der Waals surface area contributed by atoms with Gasteiger partial charge in [-0.3, -0.25) is 24.1 Å². The molecule has 0 bridgehead atoms. The van der Waals surface area contributed by atoms with E-state index in [9.17, 15) is 37.5 Å². The van der Waals surface area contributed by atoms with Gasteiger partial charge in [0.2, 0.25) is 17.6 Å². The van der Waals surface area contributed by atoms with Crippen molar-refractivity contribution in [2.24, 2.45) is 17.8 Å². The highest BCUT2D eigenvalue weighted by Crippen LogP contribution is 2.67. The molecule has 0 aromatic heterocycles. The van der Waals surface area contributed by atoms with Gasteiger partial charge in [0.1, 0.15) is 17.2 Å². The minimum Gasteiger partial charge on any atom is -0.508 e. The first-order valence-corrected chi connectivity index (χ1v) is 17.6. The van der Waals surface area contributed by atoms with Crippen molar-refractivity contribution in [1.82, 2.24) is 0 Å². The number of rotatable bonds is 5. The Morgan fingerprint density at radius 2 is 1.41 bits per heavy atom. The van der Waals surface area contributed by atoms with Gasteiger partial charge in [0, 0.05) is 36.3 Å². The third-order valence-corrected chi connectivity index (χ3v) is 12.6. The summed E-state index contributed by atoms with van der Waals surface area (Å²) < 4.78 is 84.6. The van der Waals surface area contributed by atoms with Crippen molar-refractivity contribution in [3.8, 4) is 11.5 Å². The number of halogens is 7. The number of nitrogens with zero attached hydrogens (tertiary/aromatic N) is 3. The fourth-order valence-electron chi connectivity index (χ4n) is 8.74. The number of hydrogen-bond acceptors (Lipinski definition) is 8. The molecular weight excluding hydrogens is 764 g/mol. The van der Waals surface area contributed by atoms with Crippen LogP contribution in [0, 0.1) is 46.8 Å². The van der Waals surface area contributed by atoms with Crippen LogP contribution in [0.4, 0.5) is 39.0 Å². The first-order valence-electron chi connectivity index (χ1n) is 16.8. The molecule has 3 saturated heterocycles. The Morgan fingerprint density at radius 1 is 0.796 bits per heavy atom. The fourth-order valence-corrected chi connectivity index (χ4v) is 9.67. The number of ether oxygens (including phenoxy) is 2. The normalized spacial score (nSPS) is 29.3. The number of alkyl halides is 2. The van der Waals surface area contributed by atoms with Crippen molar-refractivity contribution < 1.29 is 55.7 Å². The van der Waals surface area contributed by atoms with E-state index < -0.39 is 98.2 Å². The second-order valence-electron chi connectivity index (χ2n) is 13.7. The standard InChI is InChI=1S/C37H28Cl2F5N3O7/c1-53-23-14-18(48)6-7-20(23)25-19-8-9-21-24(33(50)46(32(21)49)17-4-2-16(3-5-17)45-10-12-54-13-11-45)22(19)15-36(38)34(51)47(35(52)37(25,36)39)31-29(43)27(41)26(40)28(42)30(31)44/h2-8,14,21-22,24-25,48H,9-13,15H2,1H3/t21-,22+,24-,25+,36+,37-/m0/s1. The summed E-state index contributed by atoms with van der Waals surface area (Å²) >= 11 is 14.4. The summed E-state index contributed by atoms with van der Waals surface area (Å²) in [7, 11) is 1.23. The monoisotopic (exact) mass is 791 g/mol. The fraction of sp³-hybridized carbons (Fsp3) is 0.351. The Bertz CT molecular complexity index is 2170. The molecule has 17 heteroatoms. The van der Waals surface area contributed by atoms with Gasteiger partial charge in [-0.25, -0.2) is 26.9 Å². The number of methoxy groups -OCH3 is 1. The first kappa shape index (κ1) is 36.3. The van der Waals surface area contributed by atoms with Gasteiger partial charge in [0.05, 0.1) is 37.8 Å². The zero-order valence-electron chi connectivity index (χ0n) is 28.1. The van der Waals surface area contributed by atoms with Gasteiger partial charge in [-0.05, 0) is 49.1 Å². The van der Waals surface area contributed by atoms with Gasteiger partial charge >= 0.3 is 0 Å². The minimum atomic E-state index is -2.73. The van der Waals surface area contributed by atoms with Crippen LogP contribution in [-0.2, 0) is 23.9 Å². The van der Waals surface area contributed by atoms with E-state index in [0.29, 0.717) is 26.3 Å². The minimum absolute atomic E-state index is 0.0356. The van der Waals surface area contributed by atoms with Crippen LogP contribution >= 0.6 is 23.2 Å². The number of morpholine rings is 1. The molecule has 0 radical (unpaired) electrons. The molecule has 4 amide bonds. The van der Waals surface area contributed by atoms with E-state index in [1.807, 2.05) is 0 Å². The topological polar surface area (TPSA) is 117 Å². The maximum atomic E-state index is 15.3. The van der Waals surface area contributed by atoms with Crippen LogP contribution in [0.2, 0.25) is 0 Å². The second kappa shape index (κ2) is 12.7. The highest BCUT2D eigenvalue weighted by molar-refractivity contribution is 6.58. The number of phenolic OH excluding ortho intramolecular Hbond substituents is 1. The molecule has 8 rings (SSSR count). The van der Waals surface area contributed by atoms with E-state index in [1.54, 1.807) is 30.3 Å². The molecule has 3 aromatic rings. The quantitative estimate of drug-likeness (QED) is 0.0875. The summed E-state index contributed by atoms with van der Waals surface area (Å²) in [4.78, 5) is 54.8. The van der Waals surface area contributed by atoms with E-state index in [4.69, 9.17) is 32.7 Å². The summed E-state index contributed by atoms with van der Waals surface area (Å²) in [6, 6.07) is 10.5. The van der Waals surface area contributed by atoms with Gasteiger partial charge in [-0.1, -0.05) is 17.7 Å². The highest BCUT2D eigenvalue weighted by Gasteiger charge is 2.77. The molecule has 0 spiro atoms. The number of aromatic hydroxyl groups is 1. The SMILES string of the molecule is COc1cc(O)ccc1[C@H]1C2=CC[C@@H]3C(=O)N(c4ccc(N5CCOCC5)cc4)C(=O)[C@@H]3[C@@H]2C[C@@]2(Cl)C(=O)N(c3c(F)c(F)c(F)c(F)c3F)C(=O)[C@@]12Cl. The highest BCUT2D eigenvalue weighted by atomic mass is 35.5. The number of anilines is 3. The lowest BCUT2D eigenvalue weighted by atomic mass is 9.56. The van der Waals surface area contributed by atoms with Crippen LogP contribution in [0.1, 0.15) is 24.3 Å². The molecule has 3 aromatic carbocycles. The van der Waals surface area contributed by atoms with E-state index >= 15 is 8.78 Å². The second-order valence-corrected chi connectivity index (χ2v) is 15.0. The molecule has 4 fully saturated rings. The molecule has 0 unspecified atom stereocenters. The predicted molar refractivity (Wildman–Crippen MR) is 183 cm³/mol. The van der Waals surface area contributed by atoms with Gasteiger partial charge in [0.15, 0.2) is 33.0 Å². The van der Waals surface area contributed by atoms with Gasteiger partial charge in [0.25, 0.3) is 11.8 Å². The van der Waals surface area contributed by atoms with Gasteiger partial charge < -0.3 is 19.5 Å². The van der Waals surface area contributed by atoms with Crippen LogP contribution in [0.15, 0.2) is 54.1 Å². The molecule has 5 aliphatic rings. The van der Waals surface area contributed by atoms with E-state index in [1.165, 1.54) is 19.2 Å². The third-order valence-electron chi connectivity index (χ3n) is 11.2. The van der Waals surface area contributed by atoms with Crippen molar-refractivity contribution in [2.75, 3.05) is 48.1 Å². The largest absolute Gasteiger partial charge is 0.508 e. The Labute approximate surface area is 313 Å². The number of hydrogen-bond donors (Lipinski definition) is 1. The van der Waals surface area contributed by atoms with Gasteiger partial charge in [-0.2, -0.15) is 0 Å². The Morgan fingerprint density at radius 3 is 2.04 bits per heavy atom. The Hall–Kier alpha value is -4.73. The van der Waals surface area contributed by atoms with Crippen molar-refractivity contribution in [2.45, 2.75) is 28.5 Å². The van der Waals surface area contributed by atoms with E-state index in [-0.39, 0.29) is 39.6 Å². The summed E-state index contributed by atoms with van der Waals surface area (Å²) in [5.74, 6) is -21.9. The zero-order valence-corrected chi connectivity index (χ0v) is 29.6. The van der Waals surface area contributed by atoms with Crippen molar-refractivity contribution in [1.29, 1.82) is 0 Å². The average Bonchev–Trinajstić information content (AvgIpc) is 3.51. The predicted octanol–water partition coefficient (Wildman–Crippen LogP) is 5.70. The van der Waals surface area contributed by atoms with Gasteiger partial charge in [-0.15, -0.1) is 23.2 Å². The molecule has 1 N–H and O–H groups in total. The number of carbonyl (C=O) groups is 4. The molecule has 3 aliphatic heterocycles. The molecule has 2 aliphatic carbocycles. The molecule has 54 heavy (non-hydrogen) atoms. The maximum Gasteiger partial charge on any atom is 0.258 e. The molecule has 1 saturated carbocycles. The smallest absolute Gasteiger partial charge is 0.258 e. The van der Waals surface area contributed by atoms with Crippen LogP contribution in [0.5, 0.6) is 11.5 Å². The van der Waals surface area contributed by atoms with Crippen molar-refractivity contribution >= 4 is 63.9 Å². The number of fused-ring (bicyclic) bond motifs is 4. The number of imide groups is 2. The molecule has 3 heterocycles. The zero-order chi connectivity index (χ0) is 38.6.